The number of benzene rings is 2. The average molecular weight is 328 g/mol. The smallest absolute Gasteiger partial charge is 0.335 e. The summed E-state index contributed by atoms with van der Waals surface area (Å²) in [6.45, 7) is 2.69. The van der Waals surface area contributed by atoms with E-state index >= 15 is 0 Å². The molecule has 0 saturated heterocycles. The Kier molecular flexibility index (Phi) is 6.26. The van der Waals surface area contributed by atoms with Crippen molar-refractivity contribution < 1.29 is 24.9 Å². The van der Waals surface area contributed by atoms with Crippen LogP contribution in [0.2, 0.25) is 0 Å². The fourth-order valence-corrected chi connectivity index (χ4v) is 2.43. The van der Waals surface area contributed by atoms with Crippen LogP contribution in [0.4, 0.5) is 0 Å². The second-order valence-electron chi connectivity index (χ2n) is 5.26. The lowest BCUT2D eigenvalue weighted by Crippen LogP contribution is -2.15. The van der Waals surface area contributed by atoms with Crippen molar-refractivity contribution in [2.45, 2.75) is 12.5 Å². The van der Waals surface area contributed by atoms with Gasteiger partial charge in [0.05, 0.1) is 13.2 Å². The van der Waals surface area contributed by atoms with Gasteiger partial charge < -0.3 is 20.1 Å². The lowest BCUT2D eigenvalue weighted by Gasteiger charge is -2.07. The first kappa shape index (κ1) is 17.9. The van der Waals surface area contributed by atoms with Crippen LogP contribution in [0.5, 0.6) is 5.75 Å². The second-order valence-corrected chi connectivity index (χ2v) is 5.26. The molecule has 0 radical (unpaired) electrons. The molecule has 0 aliphatic heterocycles. The van der Waals surface area contributed by atoms with E-state index in [1.165, 1.54) is 17.2 Å². The third-order valence-corrected chi connectivity index (χ3v) is 3.61. The SMILES string of the molecule is C=CC(=O)Oc1cccc2c1Cc1ccccc1-2.OCC(O)CO. The first-order valence-electron chi connectivity index (χ1n) is 7.54. The zero-order valence-corrected chi connectivity index (χ0v) is 13.2. The maximum atomic E-state index is 11.3. The molecule has 0 heterocycles. The molecule has 0 aromatic heterocycles. The van der Waals surface area contributed by atoms with Gasteiger partial charge in [-0.15, -0.1) is 0 Å². The molecule has 3 N–H and O–H groups in total. The van der Waals surface area contributed by atoms with Gasteiger partial charge in [0.1, 0.15) is 11.9 Å². The molecule has 1 aliphatic rings. The van der Waals surface area contributed by atoms with Crippen LogP contribution in [0.15, 0.2) is 55.1 Å². The fourth-order valence-electron chi connectivity index (χ4n) is 2.43. The standard InChI is InChI=1S/C16H12O2.C3H8O3/c1-2-16(17)18-15-9-5-8-13-12-7-4-3-6-11(12)10-14(13)15;4-1-3(6)2-5/h2-9H,1,10H2;3-6H,1-2H2. The Balaban J connectivity index is 0.000000301. The Morgan fingerprint density at radius 1 is 1.12 bits per heavy atom. The molecular weight excluding hydrogens is 308 g/mol. The number of carbonyl (C=O) groups is 1. The molecule has 0 unspecified atom stereocenters. The van der Waals surface area contributed by atoms with Crippen molar-refractivity contribution in [3.63, 3.8) is 0 Å². The quantitative estimate of drug-likeness (QED) is 0.385. The van der Waals surface area contributed by atoms with E-state index in [9.17, 15) is 4.79 Å². The highest BCUT2D eigenvalue weighted by molar-refractivity contribution is 5.85. The van der Waals surface area contributed by atoms with Crippen molar-refractivity contribution in [3.8, 4) is 16.9 Å². The van der Waals surface area contributed by atoms with Crippen molar-refractivity contribution in [1.82, 2.24) is 0 Å². The number of aliphatic hydroxyl groups excluding tert-OH is 3. The van der Waals surface area contributed by atoms with Crippen molar-refractivity contribution in [3.05, 3.63) is 66.2 Å². The number of hydrogen-bond donors (Lipinski definition) is 3. The number of rotatable bonds is 4. The Morgan fingerprint density at radius 3 is 2.42 bits per heavy atom. The normalized spacial score (nSPS) is 11.2. The van der Waals surface area contributed by atoms with E-state index in [1.54, 1.807) is 0 Å². The molecule has 0 atom stereocenters. The van der Waals surface area contributed by atoms with Gasteiger partial charge in [0, 0.05) is 18.1 Å². The van der Waals surface area contributed by atoms with Crippen LogP contribution in [0, 0.1) is 0 Å². The predicted octanol–water partition coefficient (Wildman–Crippen LogP) is 1.68. The molecule has 2 aromatic carbocycles. The molecule has 0 spiro atoms. The van der Waals surface area contributed by atoms with Gasteiger partial charge in [-0.2, -0.15) is 0 Å². The first-order chi connectivity index (χ1) is 11.6. The van der Waals surface area contributed by atoms with E-state index in [4.69, 9.17) is 20.1 Å². The molecular formula is C19H20O5. The molecule has 5 heteroatoms. The topological polar surface area (TPSA) is 87.0 Å². The predicted molar refractivity (Wildman–Crippen MR) is 90.7 cm³/mol. The zero-order chi connectivity index (χ0) is 17.5. The lowest BCUT2D eigenvalue weighted by molar-refractivity contribution is -0.129. The van der Waals surface area contributed by atoms with Crippen LogP contribution < -0.4 is 4.74 Å². The molecule has 2 aromatic rings. The van der Waals surface area contributed by atoms with Gasteiger partial charge in [-0.25, -0.2) is 4.79 Å². The Labute approximate surface area is 140 Å². The summed E-state index contributed by atoms with van der Waals surface area (Å²) >= 11 is 0. The van der Waals surface area contributed by atoms with Gasteiger partial charge in [-0.05, 0) is 22.8 Å². The van der Waals surface area contributed by atoms with Gasteiger partial charge >= 0.3 is 5.97 Å². The number of carbonyl (C=O) groups excluding carboxylic acids is 1. The highest BCUT2D eigenvalue weighted by Gasteiger charge is 2.21. The summed E-state index contributed by atoms with van der Waals surface area (Å²) in [4.78, 5) is 11.3. The third-order valence-electron chi connectivity index (χ3n) is 3.61. The van der Waals surface area contributed by atoms with Crippen LogP contribution in [-0.4, -0.2) is 40.6 Å². The molecule has 24 heavy (non-hydrogen) atoms. The maximum Gasteiger partial charge on any atom is 0.335 e. The van der Waals surface area contributed by atoms with E-state index < -0.39 is 12.1 Å². The average Bonchev–Trinajstić information content (AvgIpc) is 3.01. The molecule has 126 valence electrons. The molecule has 0 bridgehead atoms. The fraction of sp³-hybridized carbons (Fsp3) is 0.211. The lowest BCUT2D eigenvalue weighted by atomic mass is 10.1. The van der Waals surface area contributed by atoms with E-state index in [0.29, 0.717) is 5.75 Å². The van der Waals surface area contributed by atoms with Crippen LogP contribution in [0.25, 0.3) is 11.1 Å². The summed E-state index contributed by atoms with van der Waals surface area (Å²) in [6, 6.07) is 14.1. The molecule has 0 fully saturated rings. The van der Waals surface area contributed by atoms with Crippen LogP contribution >= 0.6 is 0 Å². The molecule has 0 saturated carbocycles. The first-order valence-corrected chi connectivity index (χ1v) is 7.54. The minimum absolute atomic E-state index is 0.365. The number of esters is 1. The number of fused-ring (bicyclic) bond motifs is 3. The largest absolute Gasteiger partial charge is 0.423 e. The molecule has 1 aliphatic carbocycles. The molecule has 5 nitrogen and oxygen atoms in total. The Bertz CT molecular complexity index is 719. The van der Waals surface area contributed by atoms with E-state index in [2.05, 4.69) is 24.8 Å². The number of aliphatic hydroxyl groups is 3. The van der Waals surface area contributed by atoms with E-state index in [-0.39, 0.29) is 13.2 Å². The summed E-state index contributed by atoms with van der Waals surface area (Å²) in [5.41, 5.74) is 4.73. The summed E-state index contributed by atoms with van der Waals surface area (Å²) in [7, 11) is 0. The summed E-state index contributed by atoms with van der Waals surface area (Å²) < 4.78 is 5.28. The summed E-state index contributed by atoms with van der Waals surface area (Å²) in [5.74, 6) is 0.216. The van der Waals surface area contributed by atoms with Gasteiger partial charge in [0.25, 0.3) is 0 Å². The minimum Gasteiger partial charge on any atom is -0.423 e. The monoisotopic (exact) mass is 328 g/mol. The second kappa shape index (κ2) is 8.40. The highest BCUT2D eigenvalue weighted by Crippen LogP contribution is 2.40. The van der Waals surface area contributed by atoms with E-state index in [1.807, 2.05) is 24.3 Å². The zero-order valence-electron chi connectivity index (χ0n) is 13.2. The molecule has 3 rings (SSSR count). The van der Waals surface area contributed by atoms with Crippen molar-refractivity contribution >= 4 is 5.97 Å². The van der Waals surface area contributed by atoms with Crippen LogP contribution in [0.1, 0.15) is 11.1 Å². The Morgan fingerprint density at radius 2 is 1.79 bits per heavy atom. The highest BCUT2D eigenvalue weighted by atomic mass is 16.5. The van der Waals surface area contributed by atoms with Crippen LogP contribution in [0.3, 0.4) is 0 Å². The Hall–Kier alpha value is -2.47. The van der Waals surface area contributed by atoms with Gasteiger partial charge in [0.15, 0.2) is 0 Å². The van der Waals surface area contributed by atoms with Crippen molar-refractivity contribution in [2.24, 2.45) is 0 Å². The maximum absolute atomic E-state index is 11.3. The van der Waals surface area contributed by atoms with Gasteiger partial charge in [0.2, 0.25) is 0 Å². The number of hydrogen-bond acceptors (Lipinski definition) is 5. The van der Waals surface area contributed by atoms with Gasteiger partial charge in [-0.3, -0.25) is 0 Å². The molecule has 0 amide bonds. The number of ether oxygens (including phenoxy) is 1. The summed E-state index contributed by atoms with van der Waals surface area (Å²) in [5, 5.41) is 24.0. The van der Waals surface area contributed by atoms with Crippen molar-refractivity contribution in [1.29, 1.82) is 0 Å². The van der Waals surface area contributed by atoms with E-state index in [0.717, 1.165) is 17.5 Å². The minimum atomic E-state index is -0.954. The third kappa shape index (κ3) is 4.08. The van der Waals surface area contributed by atoms with Crippen LogP contribution in [-0.2, 0) is 11.2 Å². The van der Waals surface area contributed by atoms with Crippen molar-refractivity contribution in [2.75, 3.05) is 13.2 Å². The summed E-state index contributed by atoms with van der Waals surface area (Å²) in [6.07, 6.45) is 1.04. The van der Waals surface area contributed by atoms with Gasteiger partial charge in [-0.1, -0.05) is 43.0 Å².